The third-order valence-electron chi connectivity index (χ3n) is 5.73. The van der Waals surface area contributed by atoms with E-state index < -0.39 is 10.0 Å². The Balaban J connectivity index is 1.45. The van der Waals surface area contributed by atoms with Crippen LogP contribution in [0.4, 0.5) is 5.69 Å². The van der Waals surface area contributed by atoms with Gasteiger partial charge in [-0.25, -0.2) is 13.4 Å². The maximum absolute atomic E-state index is 11.4. The fourth-order valence-corrected chi connectivity index (χ4v) is 5.23. The van der Waals surface area contributed by atoms with Gasteiger partial charge in [0.15, 0.2) is 5.96 Å². The second kappa shape index (κ2) is 7.31. The first kappa shape index (κ1) is 18.6. The summed E-state index contributed by atoms with van der Waals surface area (Å²) < 4.78 is 31.4. The standard InChI is InChI=1S/C19H28N4O3S/c1-3-20-19(23-11-15-16(12-23)18-8-7-17(15)26-18)21-10-13-5-4-6-14(9-13)22-27(2,24)25/h4-6,9,15-18,22H,3,7-8,10-12H2,1-2H3,(H,20,21). The number of sulfonamides is 1. The van der Waals surface area contributed by atoms with Crippen molar-refractivity contribution in [3.05, 3.63) is 29.8 Å². The molecule has 7 nitrogen and oxygen atoms in total. The van der Waals surface area contributed by atoms with Gasteiger partial charge < -0.3 is 15.0 Å². The van der Waals surface area contributed by atoms with E-state index in [1.165, 1.54) is 12.8 Å². The number of nitrogens with one attached hydrogen (secondary N) is 2. The molecule has 27 heavy (non-hydrogen) atoms. The van der Waals surface area contributed by atoms with E-state index in [4.69, 9.17) is 9.73 Å². The number of hydrogen-bond acceptors (Lipinski definition) is 4. The molecule has 4 rings (SSSR count). The number of rotatable bonds is 5. The molecular weight excluding hydrogens is 364 g/mol. The summed E-state index contributed by atoms with van der Waals surface area (Å²) in [6, 6.07) is 7.39. The second-order valence-electron chi connectivity index (χ2n) is 7.77. The van der Waals surface area contributed by atoms with Gasteiger partial charge in [-0.15, -0.1) is 0 Å². The number of nitrogens with zero attached hydrogens (tertiary/aromatic N) is 2. The monoisotopic (exact) mass is 392 g/mol. The molecule has 1 aromatic rings. The fourth-order valence-electron chi connectivity index (χ4n) is 4.67. The van der Waals surface area contributed by atoms with Crippen LogP contribution in [0.3, 0.4) is 0 Å². The molecule has 0 amide bonds. The van der Waals surface area contributed by atoms with Gasteiger partial charge in [-0.2, -0.15) is 0 Å². The molecule has 3 aliphatic rings. The number of benzene rings is 1. The lowest BCUT2D eigenvalue weighted by Crippen LogP contribution is -2.41. The number of hydrogen-bond donors (Lipinski definition) is 2. The van der Waals surface area contributed by atoms with E-state index in [1.807, 2.05) is 18.2 Å². The molecule has 0 radical (unpaired) electrons. The number of anilines is 1. The summed E-state index contributed by atoms with van der Waals surface area (Å²) in [7, 11) is -3.28. The number of aliphatic imine (C=N–C) groups is 1. The summed E-state index contributed by atoms with van der Waals surface area (Å²) in [4.78, 5) is 7.18. The quantitative estimate of drug-likeness (QED) is 0.588. The van der Waals surface area contributed by atoms with Gasteiger partial charge in [-0.05, 0) is 37.5 Å². The zero-order valence-corrected chi connectivity index (χ0v) is 16.7. The lowest BCUT2D eigenvalue weighted by molar-refractivity contribution is 0.0767. The van der Waals surface area contributed by atoms with Crippen molar-refractivity contribution in [2.75, 3.05) is 30.6 Å². The maximum Gasteiger partial charge on any atom is 0.229 e. The van der Waals surface area contributed by atoms with Gasteiger partial charge in [0, 0.05) is 37.2 Å². The Labute approximate surface area is 161 Å². The van der Waals surface area contributed by atoms with Gasteiger partial charge >= 0.3 is 0 Å². The summed E-state index contributed by atoms with van der Waals surface area (Å²) in [5, 5.41) is 3.41. The second-order valence-corrected chi connectivity index (χ2v) is 9.52. The molecule has 3 heterocycles. The summed E-state index contributed by atoms with van der Waals surface area (Å²) in [6.07, 6.45) is 4.43. The lowest BCUT2D eigenvalue weighted by atomic mass is 9.82. The highest BCUT2D eigenvalue weighted by Crippen LogP contribution is 2.47. The molecule has 0 aromatic heterocycles. The van der Waals surface area contributed by atoms with Crippen LogP contribution in [0.15, 0.2) is 29.3 Å². The minimum absolute atomic E-state index is 0.437. The molecule has 3 fully saturated rings. The Kier molecular flexibility index (Phi) is 5.03. The van der Waals surface area contributed by atoms with Crippen molar-refractivity contribution in [2.24, 2.45) is 16.8 Å². The van der Waals surface area contributed by atoms with Gasteiger partial charge in [-0.3, -0.25) is 4.72 Å². The molecule has 0 saturated carbocycles. The van der Waals surface area contributed by atoms with Crippen LogP contribution in [0.25, 0.3) is 0 Å². The van der Waals surface area contributed by atoms with E-state index >= 15 is 0 Å². The highest BCUT2D eigenvalue weighted by atomic mass is 32.2. The highest BCUT2D eigenvalue weighted by molar-refractivity contribution is 7.92. The van der Waals surface area contributed by atoms with Crippen molar-refractivity contribution >= 4 is 21.7 Å². The Bertz CT molecular complexity index is 808. The van der Waals surface area contributed by atoms with Crippen molar-refractivity contribution in [2.45, 2.75) is 38.5 Å². The summed E-state index contributed by atoms with van der Waals surface area (Å²) in [5.41, 5.74) is 1.54. The van der Waals surface area contributed by atoms with E-state index in [9.17, 15) is 8.42 Å². The molecule has 8 heteroatoms. The van der Waals surface area contributed by atoms with Crippen molar-refractivity contribution in [3.63, 3.8) is 0 Å². The molecular formula is C19H28N4O3S. The molecule has 0 aliphatic carbocycles. The minimum atomic E-state index is -3.28. The van der Waals surface area contributed by atoms with Crippen LogP contribution in [-0.2, 0) is 21.3 Å². The SMILES string of the molecule is CCNC(=NCc1cccc(NS(C)(=O)=O)c1)N1CC2C3CCC(O3)C2C1. The molecule has 4 atom stereocenters. The Hall–Kier alpha value is -1.80. The molecule has 2 N–H and O–H groups in total. The highest BCUT2D eigenvalue weighted by Gasteiger charge is 2.53. The lowest BCUT2D eigenvalue weighted by Gasteiger charge is -2.23. The fraction of sp³-hybridized carbons (Fsp3) is 0.632. The molecule has 3 aliphatic heterocycles. The minimum Gasteiger partial charge on any atom is -0.374 e. The number of fused-ring (bicyclic) bond motifs is 5. The molecule has 4 unspecified atom stereocenters. The first-order valence-electron chi connectivity index (χ1n) is 9.68. The van der Waals surface area contributed by atoms with Gasteiger partial charge in [0.1, 0.15) is 0 Å². The van der Waals surface area contributed by atoms with Gasteiger partial charge in [-0.1, -0.05) is 12.1 Å². The largest absolute Gasteiger partial charge is 0.374 e. The molecule has 1 aromatic carbocycles. The summed E-state index contributed by atoms with van der Waals surface area (Å²) in [5.74, 6) is 2.21. The zero-order valence-electron chi connectivity index (χ0n) is 15.9. The van der Waals surface area contributed by atoms with Crippen molar-refractivity contribution in [3.8, 4) is 0 Å². The van der Waals surface area contributed by atoms with E-state index in [0.717, 1.165) is 37.4 Å². The third kappa shape index (κ3) is 4.06. The van der Waals surface area contributed by atoms with Crippen LogP contribution in [0.1, 0.15) is 25.3 Å². The number of likely N-dealkylation sites (tertiary alicyclic amines) is 1. The third-order valence-corrected chi connectivity index (χ3v) is 6.34. The van der Waals surface area contributed by atoms with E-state index in [-0.39, 0.29) is 0 Å². The Morgan fingerprint density at radius 1 is 1.26 bits per heavy atom. The maximum atomic E-state index is 11.4. The van der Waals surface area contributed by atoms with E-state index in [2.05, 4.69) is 21.9 Å². The van der Waals surface area contributed by atoms with Gasteiger partial charge in [0.25, 0.3) is 0 Å². The number of guanidine groups is 1. The van der Waals surface area contributed by atoms with Crippen LogP contribution in [0, 0.1) is 11.8 Å². The molecule has 2 bridgehead atoms. The molecule has 148 valence electrons. The van der Waals surface area contributed by atoms with Crippen molar-refractivity contribution < 1.29 is 13.2 Å². The normalized spacial score (nSPS) is 29.9. The first-order chi connectivity index (χ1) is 12.9. The van der Waals surface area contributed by atoms with Crippen molar-refractivity contribution in [1.29, 1.82) is 0 Å². The Morgan fingerprint density at radius 3 is 2.59 bits per heavy atom. The van der Waals surface area contributed by atoms with Crippen LogP contribution in [-0.4, -0.2) is 57.4 Å². The topological polar surface area (TPSA) is 83.0 Å². The molecule has 3 saturated heterocycles. The van der Waals surface area contributed by atoms with Gasteiger partial charge in [0.05, 0.1) is 25.0 Å². The van der Waals surface area contributed by atoms with Crippen LogP contribution in [0.2, 0.25) is 0 Å². The molecule has 0 spiro atoms. The van der Waals surface area contributed by atoms with Crippen molar-refractivity contribution in [1.82, 2.24) is 10.2 Å². The van der Waals surface area contributed by atoms with E-state index in [1.54, 1.807) is 6.07 Å². The van der Waals surface area contributed by atoms with Gasteiger partial charge in [0.2, 0.25) is 10.0 Å². The average molecular weight is 393 g/mol. The predicted octanol–water partition coefficient (Wildman–Crippen LogP) is 1.63. The zero-order chi connectivity index (χ0) is 19.0. The number of ether oxygens (including phenoxy) is 1. The smallest absolute Gasteiger partial charge is 0.229 e. The summed E-state index contributed by atoms with van der Waals surface area (Å²) in [6.45, 7) is 5.43. The predicted molar refractivity (Wildman–Crippen MR) is 106 cm³/mol. The summed E-state index contributed by atoms with van der Waals surface area (Å²) >= 11 is 0. The average Bonchev–Trinajstić information content (AvgIpc) is 3.30. The van der Waals surface area contributed by atoms with Crippen LogP contribution < -0.4 is 10.0 Å². The Morgan fingerprint density at radius 2 is 1.96 bits per heavy atom. The van der Waals surface area contributed by atoms with Crippen LogP contribution >= 0.6 is 0 Å². The van der Waals surface area contributed by atoms with E-state index in [0.29, 0.717) is 36.3 Å². The first-order valence-corrected chi connectivity index (χ1v) is 11.6. The van der Waals surface area contributed by atoms with Crippen LogP contribution in [0.5, 0.6) is 0 Å².